The van der Waals surface area contributed by atoms with E-state index in [4.69, 9.17) is 16.5 Å². The van der Waals surface area contributed by atoms with Crippen molar-refractivity contribution in [2.75, 3.05) is 19.7 Å². The van der Waals surface area contributed by atoms with Crippen LogP contribution < -0.4 is 10.1 Å². The van der Waals surface area contributed by atoms with Crippen LogP contribution >= 0.6 is 11.8 Å². The lowest BCUT2D eigenvalue weighted by atomic mass is 10.00. The number of fused-ring (bicyclic) bond motifs is 1. The third-order valence-corrected chi connectivity index (χ3v) is 3.73. The van der Waals surface area contributed by atoms with Gasteiger partial charge in [-0.1, -0.05) is 6.08 Å². The Hall–Kier alpha value is -1.45. The standard InChI is InChI=1S/C15H17ClN2O/c1-2-19-12-3-4-15-13(9-12)14(10-18(15)16)11-5-7-17-8-6-11/h3-5,9-10,17H,2,6-8H2,1H3. The molecule has 0 bridgehead atoms. The lowest BCUT2D eigenvalue weighted by Gasteiger charge is -2.13. The van der Waals surface area contributed by atoms with Crippen LogP contribution in [0, 0.1) is 0 Å². The molecule has 1 aliphatic rings. The molecule has 0 spiro atoms. The molecule has 0 unspecified atom stereocenters. The second-order valence-electron chi connectivity index (χ2n) is 4.65. The highest BCUT2D eigenvalue weighted by molar-refractivity contribution is 6.20. The number of aromatic nitrogens is 1. The summed E-state index contributed by atoms with van der Waals surface area (Å²) in [6, 6.07) is 6.06. The summed E-state index contributed by atoms with van der Waals surface area (Å²) in [7, 11) is 0. The first-order valence-corrected chi connectivity index (χ1v) is 6.97. The van der Waals surface area contributed by atoms with E-state index in [0.717, 1.165) is 36.2 Å². The van der Waals surface area contributed by atoms with Gasteiger partial charge in [-0.05, 0) is 43.7 Å². The van der Waals surface area contributed by atoms with Crippen LogP contribution in [0.25, 0.3) is 16.5 Å². The van der Waals surface area contributed by atoms with Crippen LogP contribution in [0.1, 0.15) is 18.9 Å². The summed E-state index contributed by atoms with van der Waals surface area (Å²) >= 11 is 6.26. The largest absolute Gasteiger partial charge is 0.494 e. The van der Waals surface area contributed by atoms with Gasteiger partial charge < -0.3 is 10.1 Å². The highest BCUT2D eigenvalue weighted by Gasteiger charge is 2.14. The Labute approximate surface area is 117 Å². The average Bonchev–Trinajstić information content (AvgIpc) is 2.77. The lowest BCUT2D eigenvalue weighted by molar-refractivity contribution is 0.340. The maximum Gasteiger partial charge on any atom is 0.120 e. The van der Waals surface area contributed by atoms with Crippen molar-refractivity contribution in [2.45, 2.75) is 13.3 Å². The second-order valence-corrected chi connectivity index (χ2v) is 5.01. The predicted octanol–water partition coefficient (Wildman–Crippen LogP) is 3.42. The minimum Gasteiger partial charge on any atom is -0.494 e. The van der Waals surface area contributed by atoms with Gasteiger partial charge in [0.25, 0.3) is 0 Å². The van der Waals surface area contributed by atoms with Gasteiger partial charge in [0.05, 0.1) is 12.1 Å². The Morgan fingerprint density at radius 1 is 1.42 bits per heavy atom. The molecule has 4 heteroatoms. The molecule has 100 valence electrons. The summed E-state index contributed by atoms with van der Waals surface area (Å²) in [5.74, 6) is 0.897. The van der Waals surface area contributed by atoms with Gasteiger partial charge in [-0.25, -0.2) is 0 Å². The summed E-state index contributed by atoms with van der Waals surface area (Å²) < 4.78 is 7.25. The molecule has 2 heterocycles. The summed E-state index contributed by atoms with van der Waals surface area (Å²) in [6.07, 6.45) is 5.27. The van der Waals surface area contributed by atoms with E-state index in [2.05, 4.69) is 17.5 Å². The zero-order chi connectivity index (χ0) is 13.2. The first kappa shape index (κ1) is 12.6. The fourth-order valence-corrected chi connectivity index (χ4v) is 2.79. The number of nitrogens with zero attached hydrogens (tertiary/aromatic N) is 1. The van der Waals surface area contributed by atoms with Gasteiger partial charge in [-0.2, -0.15) is 0 Å². The number of halogens is 1. The van der Waals surface area contributed by atoms with Crippen LogP contribution in [0.3, 0.4) is 0 Å². The first-order chi connectivity index (χ1) is 9.29. The highest BCUT2D eigenvalue weighted by Crippen LogP contribution is 2.32. The predicted molar refractivity (Wildman–Crippen MR) is 79.8 cm³/mol. The Bertz CT molecular complexity index is 630. The Kier molecular flexibility index (Phi) is 3.49. The molecule has 1 aromatic heterocycles. The maximum absolute atomic E-state index is 6.26. The summed E-state index contributed by atoms with van der Waals surface area (Å²) in [5.41, 5.74) is 3.60. The first-order valence-electron chi connectivity index (χ1n) is 6.64. The van der Waals surface area contributed by atoms with Gasteiger partial charge in [0, 0.05) is 35.5 Å². The van der Waals surface area contributed by atoms with Crippen molar-refractivity contribution >= 4 is 28.3 Å². The van der Waals surface area contributed by atoms with Crippen molar-refractivity contribution in [3.8, 4) is 5.75 Å². The van der Waals surface area contributed by atoms with E-state index in [9.17, 15) is 0 Å². The van der Waals surface area contributed by atoms with Crippen molar-refractivity contribution in [2.24, 2.45) is 0 Å². The monoisotopic (exact) mass is 276 g/mol. The van der Waals surface area contributed by atoms with E-state index >= 15 is 0 Å². The molecule has 0 fully saturated rings. The van der Waals surface area contributed by atoms with Crippen molar-refractivity contribution in [1.29, 1.82) is 0 Å². The molecule has 1 N–H and O–H groups in total. The average molecular weight is 277 g/mol. The number of hydrogen-bond acceptors (Lipinski definition) is 2. The molecular weight excluding hydrogens is 260 g/mol. The SMILES string of the molecule is CCOc1ccc2c(c1)c(C1=CCNCC1)cn2Cl. The molecule has 0 saturated heterocycles. The fraction of sp³-hybridized carbons (Fsp3) is 0.333. The van der Waals surface area contributed by atoms with Gasteiger partial charge in [0.1, 0.15) is 5.75 Å². The Balaban J connectivity index is 2.12. The molecule has 0 saturated carbocycles. The molecule has 0 aliphatic carbocycles. The van der Waals surface area contributed by atoms with Gasteiger partial charge in [0.15, 0.2) is 0 Å². The zero-order valence-electron chi connectivity index (χ0n) is 10.9. The molecule has 0 atom stereocenters. The topological polar surface area (TPSA) is 26.2 Å². The van der Waals surface area contributed by atoms with E-state index in [1.165, 1.54) is 11.1 Å². The smallest absolute Gasteiger partial charge is 0.120 e. The zero-order valence-corrected chi connectivity index (χ0v) is 11.7. The van der Waals surface area contributed by atoms with Crippen molar-refractivity contribution in [3.05, 3.63) is 36.0 Å². The van der Waals surface area contributed by atoms with E-state index < -0.39 is 0 Å². The van der Waals surface area contributed by atoms with Crippen LogP contribution in [0.5, 0.6) is 5.75 Å². The van der Waals surface area contributed by atoms with Crippen molar-refractivity contribution in [1.82, 2.24) is 9.40 Å². The molecule has 1 aliphatic heterocycles. The Morgan fingerprint density at radius 2 is 2.32 bits per heavy atom. The maximum atomic E-state index is 6.26. The number of rotatable bonds is 3. The normalized spacial score (nSPS) is 15.6. The van der Waals surface area contributed by atoms with E-state index in [0.29, 0.717) is 6.61 Å². The number of benzene rings is 1. The quantitative estimate of drug-likeness (QED) is 0.930. The molecule has 1 aromatic carbocycles. The number of nitrogens with one attached hydrogen (secondary N) is 1. The van der Waals surface area contributed by atoms with Crippen LogP contribution in [0.2, 0.25) is 0 Å². The minimum absolute atomic E-state index is 0.676. The van der Waals surface area contributed by atoms with E-state index in [1.54, 1.807) is 4.09 Å². The van der Waals surface area contributed by atoms with Crippen LogP contribution in [0.4, 0.5) is 0 Å². The Morgan fingerprint density at radius 3 is 3.05 bits per heavy atom. The molecule has 3 rings (SSSR count). The molecular formula is C15H17ClN2O. The second kappa shape index (κ2) is 5.27. The fourth-order valence-electron chi connectivity index (χ4n) is 2.55. The van der Waals surface area contributed by atoms with Gasteiger partial charge in [-0.3, -0.25) is 4.09 Å². The van der Waals surface area contributed by atoms with Gasteiger partial charge in [0.2, 0.25) is 0 Å². The van der Waals surface area contributed by atoms with Crippen molar-refractivity contribution in [3.63, 3.8) is 0 Å². The van der Waals surface area contributed by atoms with Crippen LogP contribution in [0.15, 0.2) is 30.5 Å². The summed E-state index contributed by atoms with van der Waals surface area (Å²) in [6.45, 7) is 4.61. The molecule has 2 aromatic rings. The van der Waals surface area contributed by atoms with Crippen molar-refractivity contribution < 1.29 is 4.74 Å². The lowest BCUT2D eigenvalue weighted by Crippen LogP contribution is -2.19. The molecule has 19 heavy (non-hydrogen) atoms. The third kappa shape index (κ3) is 2.36. The van der Waals surface area contributed by atoms with E-state index in [-0.39, 0.29) is 0 Å². The van der Waals surface area contributed by atoms with Crippen LogP contribution in [-0.2, 0) is 0 Å². The summed E-state index contributed by atoms with van der Waals surface area (Å²) in [5, 5.41) is 4.49. The highest BCUT2D eigenvalue weighted by atomic mass is 35.5. The minimum atomic E-state index is 0.676. The number of hydrogen-bond donors (Lipinski definition) is 1. The molecule has 0 amide bonds. The van der Waals surface area contributed by atoms with Gasteiger partial charge in [-0.15, -0.1) is 0 Å². The molecule has 0 radical (unpaired) electrons. The summed E-state index contributed by atoms with van der Waals surface area (Å²) in [4.78, 5) is 0. The van der Waals surface area contributed by atoms with Crippen LogP contribution in [-0.4, -0.2) is 23.8 Å². The molecule has 3 nitrogen and oxygen atoms in total. The van der Waals surface area contributed by atoms with Gasteiger partial charge >= 0.3 is 0 Å². The number of ether oxygens (including phenoxy) is 1. The van der Waals surface area contributed by atoms with E-state index in [1.807, 2.05) is 25.3 Å². The third-order valence-electron chi connectivity index (χ3n) is 3.45.